The van der Waals surface area contributed by atoms with Crippen molar-refractivity contribution < 1.29 is 17.9 Å². The number of hydrogen-bond acceptors (Lipinski definition) is 3. The molecule has 0 saturated carbocycles. The molecule has 0 fully saturated rings. The Labute approximate surface area is 116 Å². The molecule has 0 heterocycles. The summed E-state index contributed by atoms with van der Waals surface area (Å²) in [7, 11) is 0. The van der Waals surface area contributed by atoms with E-state index < -0.39 is 17.8 Å². The number of hydrogen-bond donors (Lipinski definition) is 1. The number of ether oxygens (including phenoxy) is 1. The summed E-state index contributed by atoms with van der Waals surface area (Å²) in [4.78, 5) is 0. The van der Waals surface area contributed by atoms with E-state index in [1.807, 2.05) is 6.92 Å². The maximum atomic E-state index is 13.0. The predicted molar refractivity (Wildman–Crippen MR) is 69.1 cm³/mol. The van der Waals surface area contributed by atoms with Crippen molar-refractivity contribution in [2.45, 2.75) is 39.1 Å². The van der Waals surface area contributed by atoms with Gasteiger partial charge in [-0.25, -0.2) is 0 Å². The normalized spacial score (nSPS) is 12.8. The molecule has 6 heteroatoms. The Morgan fingerprint density at radius 3 is 2.65 bits per heavy atom. The molecule has 20 heavy (non-hydrogen) atoms. The SMILES string of the molecule is CCCNCc1ccc(OC(C)C#N)c(C(F)(F)F)c1. The van der Waals surface area contributed by atoms with Gasteiger partial charge in [-0.3, -0.25) is 0 Å². The summed E-state index contributed by atoms with van der Waals surface area (Å²) < 4.78 is 44.0. The summed E-state index contributed by atoms with van der Waals surface area (Å²) >= 11 is 0. The van der Waals surface area contributed by atoms with Gasteiger partial charge in [-0.15, -0.1) is 0 Å². The monoisotopic (exact) mass is 286 g/mol. The van der Waals surface area contributed by atoms with E-state index in [-0.39, 0.29) is 5.75 Å². The number of nitrogens with zero attached hydrogens (tertiary/aromatic N) is 1. The third-order valence-corrected chi connectivity index (χ3v) is 2.59. The minimum Gasteiger partial charge on any atom is -0.475 e. The van der Waals surface area contributed by atoms with Crippen LogP contribution in [0.15, 0.2) is 18.2 Å². The topological polar surface area (TPSA) is 45.0 Å². The third-order valence-electron chi connectivity index (χ3n) is 2.59. The molecule has 0 bridgehead atoms. The zero-order chi connectivity index (χ0) is 15.2. The average molecular weight is 286 g/mol. The first kappa shape index (κ1) is 16.3. The lowest BCUT2D eigenvalue weighted by molar-refractivity contribution is -0.139. The van der Waals surface area contributed by atoms with Gasteiger partial charge in [0.1, 0.15) is 11.8 Å². The molecule has 1 N–H and O–H groups in total. The second kappa shape index (κ2) is 7.15. The molecule has 0 aliphatic carbocycles. The molecule has 3 nitrogen and oxygen atoms in total. The zero-order valence-corrected chi connectivity index (χ0v) is 11.4. The van der Waals surface area contributed by atoms with Crippen LogP contribution >= 0.6 is 0 Å². The van der Waals surface area contributed by atoms with Gasteiger partial charge in [0.25, 0.3) is 0 Å². The highest BCUT2D eigenvalue weighted by molar-refractivity contribution is 5.39. The van der Waals surface area contributed by atoms with Gasteiger partial charge in [-0.1, -0.05) is 13.0 Å². The van der Waals surface area contributed by atoms with Gasteiger partial charge in [0.05, 0.1) is 5.56 Å². The minimum atomic E-state index is -4.51. The first-order valence-corrected chi connectivity index (χ1v) is 6.35. The zero-order valence-electron chi connectivity index (χ0n) is 11.4. The third kappa shape index (κ3) is 4.74. The lowest BCUT2D eigenvalue weighted by Gasteiger charge is -2.16. The Bertz CT molecular complexity index is 480. The van der Waals surface area contributed by atoms with Crippen LogP contribution in [0.25, 0.3) is 0 Å². The molecule has 0 aliphatic rings. The van der Waals surface area contributed by atoms with Crippen LogP contribution in [0.4, 0.5) is 13.2 Å². The molecule has 0 amide bonds. The maximum Gasteiger partial charge on any atom is 0.419 e. The summed E-state index contributed by atoms with van der Waals surface area (Å²) in [5, 5.41) is 11.7. The average Bonchev–Trinajstić information content (AvgIpc) is 2.39. The first-order valence-electron chi connectivity index (χ1n) is 6.35. The van der Waals surface area contributed by atoms with Crippen LogP contribution in [0.2, 0.25) is 0 Å². The molecular weight excluding hydrogens is 269 g/mol. The van der Waals surface area contributed by atoms with Gasteiger partial charge in [0, 0.05) is 6.54 Å². The van der Waals surface area contributed by atoms with Crippen molar-refractivity contribution >= 4 is 0 Å². The molecular formula is C14H17F3N2O. The van der Waals surface area contributed by atoms with Crippen LogP contribution in [0.3, 0.4) is 0 Å². The first-order chi connectivity index (χ1) is 9.38. The quantitative estimate of drug-likeness (QED) is 0.814. The van der Waals surface area contributed by atoms with Crippen LogP contribution < -0.4 is 10.1 Å². The molecule has 1 aromatic rings. The van der Waals surface area contributed by atoms with E-state index in [0.717, 1.165) is 19.0 Å². The molecule has 1 aromatic carbocycles. The van der Waals surface area contributed by atoms with Crippen LogP contribution in [-0.4, -0.2) is 12.6 Å². The molecule has 1 unspecified atom stereocenters. The summed E-state index contributed by atoms with van der Waals surface area (Å²) in [5.41, 5.74) is -0.321. The van der Waals surface area contributed by atoms with Crippen LogP contribution in [-0.2, 0) is 12.7 Å². The van der Waals surface area contributed by atoms with Gasteiger partial charge in [0.15, 0.2) is 6.10 Å². The fraction of sp³-hybridized carbons (Fsp3) is 0.500. The fourth-order valence-corrected chi connectivity index (χ4v) is 1.64. The van der Waals surface area contributed by atoms with Gasteiger partial charge in [-0.05, 0) is 37.6 Å². The summed E-state index contributed by atoms with van der Waals surface area (Å²) in [6.07, 6.45) is -4.53. The van der Waals surface area contributed by atoms with E-state index in [1.54, 1.807) is 12.1 Å². The second-order valence-corrected chi connectivity index (χ2v) is 4.39. The van der Waals surface area contributed by atoms with Crippen LogP contribution in [0, 0.1) is 11.3 Å². The summed E-state index contributed by atoms with van der Waals surface area (Å²) in [6, 6.07) is 5.63. The highest BCUT2D eigenvalue weighted by Crippen LogP contribution is 2.37. The highest BCUT2D eigenvalue weighted by atomic mass is 19.4. The van der Waals surface area contributed by atoms with E-state index in [2.05, 4.69) is 5.32 Å². The van der Waals surface area contributed by atoms with E-state index in [4.69, 9.17) is 10.00 Å². The van der Waals surface area contributed by atoms with Gasteiger partial charge in [0.2, 0.25) is 0 Å². The Hall–Kier alpha value is -1.74. The maximum absolute atomic E-state index is 13.0. The molecule has 0 saturated heterocycles. The number of alkyl halides is 3. The molecule has 0 aliphatic heterocycles. The summed E-state index contributed by atoms with van der Waals surface area (Å²) in [6.45, 7) is 4.49. The Balaban J connectivity index is 2.99. The van der Waals surface area contributed by atoms with Crippen LogP contribution in [0.1, 0.15) is 31.4 Å². The standard InChI is InChI=1S/C14H17F3N2O/c1-3-6-19-9-11-4-5-13(20-10(2)8-18)12(7-11)14(15,16)17/h4-5,7,10,19H,3,6,9H2,1-2H3. The Morgan fingerprint density at radius 1 is 1.40 bits per heavy atom. The highest BCUT2D eigenvalue weighted by Gasteiger charge is 2.35. The number of nitrogens with one attached hydrogen (secondary N) is 1. The number of nitriles is 1. The Morgan fingerprint density at radius 2 is 2.10 bits per heavy atom. The minimum absolute atomic E-state index is 0.314. The molecule has 0 spiro atoms. The Kier molecular flexibility index (Phi) is 5.83. The molecule has 0 radical (unpaired) electrons. The molecule has 1 atom stereocenters. The van der Waals surface area contributed by atoms with Gasteiger partial charge >= 0.3 is 6.18 Å². The number of benzene rings is 1. The van der Waals surface area contributed by atoms with E-state index in [0.29, 0.717) is 12.1 Å². The molecule has 110 valence electrons. The lowest BCUT2D eigenvalue weighted by atomic mass is 10.1. The molecule has 1 rings (SSSR count). The van der Waals surface area contributed by atoms with Crippen LogP contribution in [0.5, 0.6) is 5.75 Å². The van der Waals surface area contributed by atoms with Crippen molar-refractivity contribution in [2.75, 3.05) is 6.54 Å². The predicted octanol–water partition coefficient (Wildman–Crippen LogP) is 3.50. The van der Waals surface area contributed by atoms with Crippen molar-refractivity contribution in [3.63, 3.8) is 0 Å². The van der Waals surface area contributed by atoms with Crippen molar-refractivity contribution in [2.24, 2.45) is 0 Å². The van der Waals surface area contributed by atoms with Crippen molar-refractivity contribution in [1.82, 2.24) is 5.32 Å². The van der Waals surface area contributed by atoms with Crippen molar-refractivity contribution in [3.05, 3.63) is 29.3 Å². The van der Waals surface area contributed by atoms with Gasteiger partial charge in [-0.2, -0.15) is 18.4 Å². The van der Waals surface area contributed by atoms with Gasteiger partial charge < -0.3 is 10.1 Å². The largest absolute Gasteiger partial charge is 0.475 e. The second-order valence-electron chi connectivity index (χ2n) is 4.39. The smallest absolute Gasteiger partial charge is 0.419 e. The number of rotatable bonds is 6. The number of halogens is 3. The lowest BCUT2D eigenvalue weighted by Crippen LogP contribution is -2.17. The fourth-order valence-electron chi connectivity index (χ4n) is 1.64. The van der Waals surface area contributed by atoms with E-state index in [1.165, 1.54) is 13.0 Å². The molecule has 0 aromatic heterocycles. The van der Waals surface area contributed by atoms with E-state index >= 15 is 0 Å². The van der Waals surface area contributed by atoms with Crippen molar-refractivity contribution in [3.8, 4) is 11.8 Å². The van der Waals surface area contributed by atoms with E-state index in [9.17, 15) is 13.2 Å². The summed E-state index contributed by atoms with van der Waals surface area (Å²) in [5.74, 6) is -0.314. The van der Waals surface area contributed by atoms with Crippen molar-refractivity contribution in [1.29, 1.82) is 5.26 Å².